The predicted octanol–water partition coefficient (Wildman–Crippen LogP) is 3.72. The molecule has 1 amide bonds. The Morgan fingerprint density at radius 1 is 1.27 bits per heavy atom. The lowest BCUT2D eigenvalue weighted by Crippen LogP contribution is -2.59. The molecule has 144 valence electrons. The molecule has 2 aliphatic rings. The monoisotopic (exact) mass is 400 g/mol. The number of rotatable bonds is 6. The van der Waals surface area contributed by atoms with Gasteiger partial charge in [0.05, 0.1) is 24.0 Å². The average molecular weight is 401 g/mol. The molecule has 0 radical (unpaired) electrons. The van der Waals surface area contributed by atoms with E-state index in [2.05, 4.69) is 10.2 Å². The maximum Gasteiger partial charge on any atom is 0.230 e. The molecule has 1 aromatic carbocycles. The molecular formula is C19H26ClFN2O2S. The van der Waals surface area contributed by atoms with E-state index in [9.17, 15) is 9.18 Å². The first kappa shape index (κ1) is 19.9. The van der Waals surface area contributed by atoms with Crippen molar-refractivity contribution in [3.8, 4) is 0 Å². The van der Waals surface area contributed by atoms with E-state index in [0.717, 1.165) is 44.0 Å². The van der Waals surface area contributed by atoms with Gasteiger partial charge in [0.2, 0.25) is 5.91 Å². The lowest BCUT2D eigenvalue weighted by molar-refractivity contribution is -0.119. The van der Waals surface area contributed by atoms with Crippen LogP contribution in [0, 0.1) is 5.82 Å². The van der Waals surface area contributed by atoms with Crippen molar-refractivity contribution in [2.75, 3.05) is 38.6 Å². The molecule has 0 spiro atoms. The summed E-state index contributed by atoms with van der Waals surface area (Å²) in [6.45, 7) is 4.13. The zero-order valence-electron chi connectivity index (χ0n) is 14.9. The van der Waals surface area contributed by atoms with Crippen LogP contribution in [0.5, 0.6) is 0 Å². The fourth-order valence-electron chi connectivity index (χ4n) is 3.88. The number of thioether (sulfide) groups is 1. The fraction of sp³-hybridized carbons (Fsp3) is 0.632. The summed E-state index contributed by atoms with van der Waals surface area (Å²) < 4.78 is 18.7. The first-order valence-electron chi connectivity index (χ1n) is 9.26. The smallest absolute Gasteiger partial charge is 0.230 e. The van der Waals surface area contributed by atoms with Gasteiger partial charge in [-0.1, -0.05) is 30.9 Å². The number of carbonyl (C=O) groups is 1. The molecule has 0 unspecified atom stereocenters. The predicted molar refractivity (Wildman–Crippen MR) is 103 cm³/mol. The van der Waals surface area contributed by atoms with Gasteiger partial charge in [0.25, 0.3) is 0 Å². The molecule has 0 aromatic heterocycles. The Labute approximate surface area is 163 Å². The van der Waals surface area contributed by atoms with Crippen LogP contribution >= 0.6 is 23.4 Å². The maximum atomic E-state index is 13.2. The van der Waals surface area contributed by atoms with Crippen LogP contribution in [0.15, 0.2) is 23.1 Å². The largest absolute Gasteiger partial charge is 0.379 e. The second-order valence-corrected chi connectivity index (χ2v) is 8.48. The van der Waals surface area contributed by atoms with E-state index in [1.165, 1.54) is 37.1 Å². The second-order valence-electron chi connectivity index (χ2n) is 7.03. The van der Waals surface area contributed by atoms with Crippen molar-refractivity contribution >= 4 is 29.3 Å². The van der Waals surface area contributed by atoms with Crippen molar-refractivity contribution in [1.82, 2.24) is 10.2 Å². The lowest BCUT2D eigenvalue weighted by Gasteiger charge is -2.48. The van der Waals surface area contributed by atoms with Crippen LogP contribution < -0.4 is 5.32 Å². The Balaban J connectivity index is 1.52. The summed E-state index contributed by atoms with van der Waals surface area (Å²) in [6.07, 6.45) is 5.98. The molecule has 1 aromatic rings. The zero-order valence-corrected chi connectivity index (χ0v) is 16.5. The molecule has 0 bridgehead atoms. The average Bonchev–Trinajstić information content (AvgIpc) is 2.69. The van der Waals surface area contributed by atoms with Gasteiger partial charge in [-0.3, -0.25) is 9.69 Å². The number of carbonyl (C=O) groups excluding carboxylic acids is 1. The van der Waals surface area contributed by atoms with E-state index in [1.807, 2.05) is 0 Å². The van der Waals surface area contributed by atoms with E-state index < -0.39 is 5.82 Å². The molecule has 0 atom stereocenters. The number of nitrogens with zero attached hydrogens (tertiary/aromatic N) is 1. The highest BCUT2D eigenvalue weighted by atomic mass is 35.5. The van der Waals surface area contributed by atoms with Crippen LogP contribution in [0.3, 0.4) is 0 Å². The van der Waals surface area contributed by atoms with Crippen molar-refractivity contribution in [3.05, 3.63) is 29.0 Å². The number of morpholine rings is 1. The van der Waals surface area contributed by atoms with E-state index >= 15 is 0 Å². The molecule has 3 rings (SSSR count). The van der Waals surface area contributed by atoms with E-state index in [-0.39, 0.29) is 16.5 Å². The van der Waals surface area contributed by atoms with Crippen LogP contribution in [0.2, 0.25) is 5.02 Å². The molecule has 2 fully saturated rings. The first-order chi connectivity index (χ1) is 12.6. The SMILES string of the molecule is O=C(CSc1ccc(F)c(Cl)c1)NCC1(N2CCOCC2)CCCCC1. The number of ether oxygens (including phenoxy) is 1. The molecule has 1 saturated carbocycles. The Hall–Kier alpha value is -0.820. The Morgan fingerprint density at radius 3 is 2.69 bits per heavy atom. The molecule has 1 saturated heterocycles. The van der Waals surface area contributed by atoms with Crippen LogP contribution in [0.4, 0.5) is 4.39 Å². The molecule has 1 N–H and O–H groups in total. The molecule has 1 aliphatic heterocycles. The van der Waals surface area contributed by atoms with E-state index in [0.29, 0.717) is 12.3 Å². The van der Waals surface area contributed by atoms with Crippen LogP contribution in [-0.2, 0) is 9.53 Å². The Kier molecular flexibility index (Phi) is 7.20. The molecule has 1 heterocycles. The number of amides is 1. The topological polar surface area (TPSA) is 41.6 Å². The summed E-state index contributed by atoms with van der Waals surface area (Å²) in [4.78, 5) is 15.7. The van der Waals surface area contributed by atoms with Crippen LogP contribution in [0.1, 0.15) is 32.1 Å². The minimum atomic E-state index is -0.440. The van der Waals surface area contributed by atoms with Crippen molar-refractivity contribution in [3.63, 3.8) is 0 Å². The van der Waals surface area contributed by atoms with Gasteiger partial charge >= 0.3 is 0 Å². The van der Waals surface area contributed by atoms with Crippen LogP contribution in [-0.4, -0.2) is 54.9 Å². The fourth-order valence-corrected chi connectivity index (χ4v) is 4.89. The van der Waals surface area contributed by atoms with E-state index in [1.54, 1.807) is 12.1 Å². The number of hydrogen-bond donors (Lipinski definition) is 1. The lowest BCUT2D eigenvalue weighted by atomic mass is 9.79. The number of benzene rings is 1. The van der Waals surface area contributed by atoms with Crippen molar-refractivity contribution in [2.24, 2.45) is 0 Å². The van der Waals surface area contributed by atoms with Gasteiger partial charge in [0.15, 0.2) is 0 Å². The van der Waals surface area contributed by atoms with Gasteiger partial charge in [0, 0.05) is 30.1 Å². The summed E-state index contributed by atoms with van der Waals surface area (Å²) in [5, 5.41) is 3.22. The zero-order chi connectivity index (χ0) is 18.4. The third-order valence-electron chi connectivity index (χ3n) is 5.34. The molecule has 4 nitrogen and oxygen atoms in total. The van der Waals surface area contributed by atoms with Gasteiger partial charge in [-0.15, -0.1) is 11.8 Å². The van der Waals surface area contributed by atoms with Crippen molar-refractivity contribution < 1.29 is 13.9 Å². The highest BCUT2D eigenvalue weighted by Gasteiger charge is 2.38. The maximum absolute atomic E-state index is 13.2. The number of hydrogen-bond acceptors (Lipinski definition) is 4. The third kappa shape index (κ3) is 5.12. The van der Waals surface area contributed by atoms with Crippen molar-refractivity contribution in [2.45, 2.75) is 42.5 Å². The van der Waals surface area contributed by atoms with Crippen molar-refractivity contribution in [1.29, 1.82) is 0 Å². The standard InChI is InChI=1S/C19H26ClFN2O2S/c20-16-12-15(4-5-17(16)21)26-13-18(24)22-14-19(6-2-1-3-7-19)23-8-10-25-11-9-23/h4-5,12H,1-3,6-11,13-14H2,(H,22,24). The van der Waals surface area contributed by atoms with Gasteiger partial charge in [0.1, 0.15) is 5.82 Å². The third-order valence-corrected chi connectivity index (χ3v) is 6.63. The van der Waals surface area contributed by atoms with Gasteiger partial charge in [-0.2, -0.15) is 0 Å². The number of halogens is 2. The molecule has 7 heteroatoms. The highest BCUT2D eigenvalue weighted by Crippen LogP contribution is 2.34. The highest BCUT2D eigenvalue weighted by molar-refractivity contribution is 8.00. The first-order valence-corrected chi connectivity index (χ1v) is 10.6. The second kappa shape index (κ2) is 9.40. The van der Waals surface area contributed by atoms with Gasteiger partial charge in [-0.05, 0) is 31.0 Å². The quantitative estimate of drug-likeness (QED) is 0.739. The minimum absolute atomic E-state index is 0.00801. The molecule has 26 heavy (non-hydrogen) atoms. The minimum Gasteiger partial charge on any atom is -0.379 e. The summed E-state index contributed by atoms with van der Waals surface area (Å²) in [6, 6.07) is 4.54. The Morgan fingerprint density at radius 2 is 2.00 bits per heavy atom. The molecule has 1 aliphatic carbocycles. The van der Waals surface area contributed by atoms with E-state index in [4.69, 9.17) is 16.3 Å². The molecular weight excluding hydrogens is 375 g/mol. The number of nitrogens with one attached hydrogen (secondary N) is 1. The normalized spacial score (nSPS) is 20.7. The summed E-state index contributed by atoms with van der Waals surface area (Å²) in [7, 11) is 0. The summed E-state index contributed by atoms with van der Waals surface area (Å²) in [5.74, 6) is -0.125. The van der Waals surface area contributed by atoms with Crippen LogP contribution in [0.25, 0.3) is 0 Å². The van der Waals surface area contributed by atoms with Gasteiger partial charge in [-0.25, -0.2) is 4.39 Å². The summed E-state index contributed by atoms with van der Waals surface area (Å²) in [5.41, 5.74) is 0.0710. The Bertz CT molecular complexity index is 620. The summed E-state index contributed by atoms with van der Waals surface area (Å²) >= 11 is 7.17. The van der Waals surface area contributed by atoms with Gasteiger partial charge < -0.3 is 10.1 Å².